The molecule has 1 aromatic carbocycles. The summed E-state index contributed by atoms with van der Waals surface area (Å²) in [6, 6.07) is 8.08. The van der Waals surface area contributed by atoms with E-state index in [9.17, 15) is 0 Å². The number of ether oxygens (including phenoxy) is 1. The van der Waals surface area contributed by atoms with Crippen LogP contribution >= 0.6 is 0 Å². The summed E-state index contributed by atoms with van der Waals surface area (Å²) < 4.78 is 5.64. The second-order valence-corrected chi connectivity index (χ2v) is 4.48. The molecule has 106 valence electrons. The van der Waals surface area contributed by atoms with Crippen LogP contribution in [0.3, 0.4) is 0 Å². The van der Waals surface area contributed by atoms with Gasteiger partial charge in [-0.05, 0) is 43.5 Å². The Hall–Kier alpha value is -2.01. The number of aryl methyl sites for hydroxylation is 2. The molecule has 0 fully saturated rings. The number of hydrogen-bond acceptors (Lipinski definition) is 5. The average molecular weight is 272 g/mol. The Morgan fingerprint density at radius 3 is 2.30 bits per heavy atom. The molecule has 2 aromatic rings. The molecule has 0 amide bonds. The van der Waals surface area contributed by atoms with Crippen LogP contribution in [-0.4, -0.2) is 21.7 Å². The van der Waals surface area contributed by atoms with Gasteiger partial charge >= 0.3 is 6.01 Å². The van der Waals surface area contributed by atoms with E-state index in [1.165, 1.54) is 5.56 Å². The fraction of sp³-hybridized carbons (Fsp3) is 0.400. The van der Waals surface area contributed by atoms with Crippen molar-refractivity contribution < 1.29 is 4.74 Å². The monoisotopic (exact) mass is 272 g/mol. The maximum atomic E-state index is 5.64. The molecule has 0 aliphatic heterocycles. The largest absolute Gasteiger partial charge is 0.423 e. The molecule has 2 rings (SSSR count). The highest BCUT2D eigenvalue weighted by Gasteiger charge is 2.07. The minimum Gasteiger partial charge on any atom is -0.423 e. The van der Waals surface area contributed by atoms with E-state index in [2.05, 4.69) is 22.1 Å². The van der Waals surface area contributed by atoms with Crippen molar-refractivity contribution in [3.05, 3.63) is 41.2 Å². The second-order valence-electron chi connectivity index (χ2n) is 4.48. The lowest BCUT2D eigenvalue weighted by molar-refractivity contribution is 0.428. The molecule has 0 spiro atoms. The first kappa shape index (κ1) is 14.4. The zero-order chi connectivity index (χ0) is 14.4. The zero-order valence-corrected chi connectivity index (χ0v) is 12.0. The fourth-order valence-corrected chi connectivity index (χ4v) is 1.96. The predicted octanol–water partition coefficient (Wildman–Crippen LogP) is 2.29. The Labute approximate surface area is 119 Å². The van der Waals surface area contributed by atoms with Gasteiger partial charge in [0.15, 0.2) is 0 Å². The van der Waals surface area contributed by atoms with Crippen LogP contribution in [0, 0.1) is 0 Å². The van der Waals surface area contributed by atoms with E-state index in [0.29, 0.717) is 18.3 Å². The lowest BCUT2D eigenvalue weighted by Gasteiger charge is -2.07. The summed E-state index contributed by atoms with van der Waals surface area (Å²) in [5.41, 5.74) is 8.58. The standard InChI is InChI=1S/C15H20N4O/c1-3-13-14(4-2)18-19-15(17-13)20-12-7-5-11(6-8-12)9-10-16/h5-8H,3-4,9-10,16H2,1-2H3. The summed E-state index contributed by atoms with van der Waals surface area (Å²) in [6.45, 7) is 4.74. The molecular formula is C15H20N4O. The predicted molar refractivity (Wildman–Crippen MR) is 77.9 cm³/mol. The number of rotatable bonds is 6. The lowest BCUT2D eigenvalue weighted by Crippen LogP contribution is -2.04. The molecule has 1 heterocycles. The van der Waals surface area contributed by atoms with Crippen molar-refractivity contribution in [2.75, 3.05) is 6.54 Å². The molecule has 2 N–H and O–H groups in total. The maximum absolute atomic E-state index is 5.64. The molecule has 0 saturated carbocycles. The SMILES string of the molecule is CCc1nnc(Oc2ccc(CCN)cc2)nc1CC. The van der Waals surface area contributed by atoms with E-state index in [1.807, 2.05) is 31.2 Å². The molecule has 5 nitrogen and oxygen atoms in total. The van der Waals surface area contributed by atoms with Gasteiger partial charge in [0.25, 0.3) is 0 Å². The van der Waals surface area contributed by atoms with Crippen LogP contribution in [0.15, 0.2) is 24.3 Å². The number of aromatic nitrogens is 3. The number of nitrogens with two attached hydrogens (primary N) is 1. The second kappa shape index (κ2) is 6.96. The van der Waals surface area contributed by atoms with Gasteiger partial charge in [0.1, 0.15) is 5.75 Å². The molecule has 0 unspecified atom stereocenters. The van der Waals surface area contributed by atoms with Gasteiger partial charge < -0.3 is 10.5 Å². The minimum absolute atomic E-state index is 0.297. The third kappa shape index (κ3) is 3.51. The summed E-state index contributed by atoms with van der Waals surface area (Å²) in [5.74, 6) is 0.707. The fourth-order valence-electron chi connectivity index (χ4n) is 1.96. The highest BCUT2D eigenvalue weighted by Crippen LogP contribution is 2.19. The van der Waals surface area contributed by atoms with Crippen molar-refractivity contribution >= 4 is 0 Å². The van der Waals surface area contributed by atoms with Crippen molar-refractivity contribution in [3.8, 4) is 11.8 Å². The van der Waals surface area contributed by atoms with Gasteiger partial charge in [-0.2, -0.15) is 4.98 Å². The molecule has 0 radical (unpaired) electrons. The lowest BCUT2D eigenvalue weighted by atomic mass is 10.1. The summed E-state index contributed by atoms with van der Waals surface area (Å²) in [7, 11) is 0. The van der Waals surface area contributed by atoms with Gasteiger partial charge in [0.05, 0.1) is 11.4 Å². The summed E-state index contributed by atoms with van der Waals surface area (Å²) >= 11 is 0. The molecule has 0 bridgehead atoms. The van der Waals surface area contributed by atoms with E-state index < -0.39 is 0 Å². The highest BCUT2D eigenvalue weighted by atomic mass is 16.5. The van der Waals surface area contributed by atoms with Crippen LogP contribution in [-0.2, 0) is 19.3 Å². The van der Waals surface area contributed by atoms with Crippen LogP contribution < -0.4 is 10.5 Å². The normalized spacial score (nSPS) is 10.6. The molecule has 0 aliphatic rings. The Morgan fingerprint density at radius 1 is 1.00 bits per heavy atom. The highest BCUT2D eigenvalue weighted by molar-refractivity contribution is 5.29. The van der Waals surface area contributed by atoms with Gasteiger partial charge in [-0.25, -0.2) is 0 Å². The Kier molecular flexibility index (Phi) is 5.01. The quantitative estimate of drug-likeness (QED) is 0.873. The van der Waals surface area contributed by atoms with Crippen LogP contribution in [0.2, 0.25) is 0 Å². The third-order valence-corrected chi connectivity index (χ3v) is 3.06. The Morgan fingerprint density at radius 2 is 1.70 bits per heavy atom. The van der Waals surface area contributed by atoms with Crippen LogP contribution in [0.25, 0.3) is 0 Å². The molecule has 5 heteroatoms. The van der Waals surface area contributed by atoms with E-state index in [1.54, 1.807) is 0 Å². The zero-order valence-electron chi connectivity index (χ0n) is 12.0. The van der Waals surface area contributed by atoms with Gasteiger partial charge in [-0.1, -0.05) is 31.1 Å². The molecule has 0 saturated heterocycles. The molecule has 0 atom stereocenters. The first-order valence-corrected chi connectivity index (χ1v) is 6.96. The van der Waals surface area contributed by atoms with Gasteiger partial charge in [-0.3, -0.25) is 0 Å². The van der Waals surface area contributed by atoms with Gasteiger partial charge in [-0.15, -0.1) is 5.10 Å². The first-order chi connectivity index (χ1) is 9.76. The van der Waals surface area contributed by atoms with E-state index in [4.69, 9.17) is 10.5 Å². The smallest absolute Gasteiger partial charge is 0.341 e. The molecular weight excluding hydrogens is 252 g/mol. The summed E-state index contributed by atoms with van der Waals surface area (Å²) in [5, 5.41) is 8.17. The average Bonchev–Trinajstić information content (AvgIpc) is 2.49. The van der Waals surface area contributed by atoms with Crippen molar-refractivity contribution in [2.24, 2.45) is 5.73 Å². The first-order valence-electron chi connectivity index (χ1n) is 6.96. The van der Waals surface area contributed by atoms with Crippen LogP contribution in [0.5, 0.6) is 11.8 Å². The van der Waals surface area contributed by atoms with Gasteiger partial charge in [0, 0.05) is 0 Å². The minimum atomic E-state index is 0.297. The third-order valence-electron chi connectivity index (χ3n) is 3.06. The number of hydrogen-bond donors (Lipinski definition) is 1. The molecule has 0 aliphatic carbocycles. The van der Waals surface area contributed by atoms with E-state index >= 15 is 0 Å². The maximum Gasteiger partial charge on any atom is 0.341 e. The van der Waals surface area contributed by atoms with Crippen molar-refractivity contribution in [1.29, 1.82) is 0 Å². The van der Waals surface area contributed by atoms with Crippen LogP contribution in [0.1, 0.15) is 30.8 Å². The number of benzene rings is 1. The van der Waals surface area contributed by atoms with Gasteiger partial charge in [0.2, 0.25) is 0 Å². The number of nitrogens with zero attached hydrogens (tertiary/aromatic N) is 3. The Bertz CT molecular complexity index is 554. The molecule has 20 heavy (non-hydrogen) atoms. The van der Waals surface area contributed by atoms with Crippen molar-refractivity contribution in [3.63, 3.8) is 0 Å². The Balaban J connectivity index is 2.13. The van der Waals surface area contributed by atoms with Crippen molar-refractivity contribution in [1.82, 2.24) is 15.2 Å². The van der Waals surface area contributed by atoms with E-state index in [0.717, 1.165) is 30.7 Å². The van der Waals surface area contributed by atoms with Crippen molar-refractivity contribution in [2.45, 2.75) is 33.1 Å². The summed E-state index contributed by atoms with van der Waals surface area (Å²) in [4.78, 5) is 4.40. The molecule has 1 aromatic heterocycles. The topological polar surface area (TPSA) is 73.9 Å². The van der Waals surface area contributed by atoms with E-state index in [-0.39, 0.29) is 0 Å². The summed E-state index contributed by atoms with van der Waals surface area (Å²) in [6.07, 6.45) is 2.52. The van der Waals surface area contributed by atoms with Crippen LogP contribution in [0.4, 0.5) is 0 Å².